The predicted molar refractivity (Wildman–Crippen MR) is 83.2 cm³/mol. The SMILES string of the molecule is CCc1cc(CC2CC(C)(C)CCC2C(=O)O)n(CC)n1. The van der Waals surface area contributed by atoms with Crippen LogP contribution in [0.5, 0.6) is 0 Å². The van der Waals surface area contributed by atoms with Gasteiger partial charge in [-0.05, 0) is 56.4 Å². The van der Waals surface area contributed by atoms with Crippen molar-refractivity contribution in [2.24, 2.45) is 17.3 Å². The number of aromatic nitrogens is 2. The number of aryl methyl sites for hydroxylation is 2. The third-order valence-electron chi connectivity index (χ3n) is 4.88. The summed E-state index contributed by atoms with van der Waals surface area (Å²) in [5.74, 6) is -0.616. The van der Waals surface area contributed by atoms with Gasteiger partial charge in [0, 0.05) is 12.2 Å². The Hall–Kier alpha value is -1.32. The maximum atomic E-state index is 11.6. The van der Waals surface area contributed by atoms with Gasteiger partial charge in [0.05, 0.1) is 11.6 Å². The number of nitrogens with zero attached hydrogens (tertiary/aromatic N) is 2. The number of carbonyl (C=O) groups is 1. The Morgan fingerprint density at radius 2 is 2.19 bits per heavy atom. The van der Waals surface area contributed by atoms with Crippen molar-refractivity contribution in [3.8, 4) is 0 Å². The fraction of sp³-hybridized carbons (Fsp3) is 0.765. The number of hydrogen-bond acceptors (Lipinski definition) is 2. The molecule has 0 bridgehead atoms. The van der Waals surface area contributed by atoms with Crippen molar-refractivity contribution in [1.29, 1.82) is 0 Å². The van der Waals surface area contributed by atoms with Gasteiger partial charge in [-0.25, -0.2) is 0 Å². The Morgan fingerprint density at radius 1 is 1.48 bits per heavy atom. The minimum absolute atomic E-state index is 0.205. The van der Waals surface area contributed by atoms with Crippen molar-refractivity contribution in [3.63, 3.8) is 0 Å². The van der Waals surface area contributed by atoms with Gasteiger partial charge in [0.1, 0.15) is 0 Å². The average molecular weight is 292 g/mol. The Bertz CT molecular complexity index is 505. The summed E-state index contributed by atoms with van der Waals surface area (Å²) in [6.45, 7) is 9.56. The lowest BCUT2D eigenvalue weighted by Gasteiger charge is -2.39. The molecule has 0 aliphatic heterocycles. The van der Waals surface area contributed by atoms with Crippen molar-refractivity contribution >= 4 is 5.97 Å². The first-order chi connectivity index (χ1) is 9.86. The molecule has 1 heterocycles. The fourth-order valence-corrected chi connectivity index (χ4v) is 3.67. The predicted octanol–water partition coefficient (Wildman–Crippen LogP) is 3.54. The van der Waals surface area contributed by atoms with E-state index in [9.17, 15) is 9.90 Å². The van der Waals surface area contributed by atoms with Gasteiger partial charge in [-0.2, -0.15) is 5.10 Å². The molecule has 21 heavy (non-hydrogen) atoms. The van der Waals surface area contributed by atoms with Gasteiger partial charge in [0.15, 0.2) is 0 Å². The third kappa shape index (κ3) is 3.66. The molecule has 1 aromatic heterocycles. The van der Waals surface area contributed by atoms with Crippen LogP contribution in [0.3, 0.4) is 0 Å². The summed E-state index contributed by atoms with van der Waals surface area (Å²) in [6.07, 6.45) is 4.56. The minimum Gasteiger partial charge on any atom is -0.481 e. The van der Waals surface area contributed by atoms with Gasteiger partial charge >= 0.3 is 5.97 Å². The lowest BCUT2D eigenvalue weighted by atomic mass is 9.66. The van der Waals surface area contributed by atoms with E-state index in [0.29, 0.717) is 0 Å². The molecule has 4 heteroatoms. The van der Waals surface area contributed by atoms with Crippen LogP contribution in [0, 0.1) is 17.3 Å². The monoisotopic (exact) mass is 292 g/mol. The minimum atomic E-state index is -0.631. The van der Waals surface area contributed by atoms with Crippen LogP contribution in [0.25, 0.3) is 0 Å². The van der Waals surface area contributed by atoms with Gasteiger partial charge in [-0.15, -0.1) is 0 Å². The maximum Gasteiger partial charge on any atom is 0.306 e. The molecular formula is C17H28N2O2. The van der Waals surface area contributed by atoms with E-state index in [2.05, 4.69) is 38.9 Å². The Kier molecular flexibility index (Phi) is 4.74. The van der Waals surface area contributed by atoms with Gasteiger partial charge in [-0.1, -0.05) is 20.8 Å². The van der Waals surface area contributed by atoms with Crippen molar-refractivity contribution in [1.82, 2.24) is 9.78 Å². The summed E-state index contributed by atoms with van der Waals surface area (Å²) in [6, 6.07) is 2.16. The second-order valence-electron chi connectivity index (χ2n) is 7.11. The zero-order valence-corrected chi connectivity index (χ0v) is 13.7. The van der Waals surface area contributed by atoms with Crippen LogP contribution in [-0.2, 0) is 24.2 Å². The maximum absolute atomic E-state index is 11.6. The van der Waals surface area contributed by atoms with Crippen LogP contribution >= 0.6 is 0 Å². The summed E-state index contributed by atoms with van der Waals surface area (Å²) >= 11 is 0. The largest absolute Gasteiger partial charge is 0.481 e. The average Bonchev–Trinajstić information content (AvgIpc) is 2.79. The highest BCUT2D eigenvalue weighted by molar-refractivity contribution is 5.70. The fourth-order valence-electron chi connectivity index (χ4n) is 3.67. The first-order valence-electron chi connectivity index (χ1n) is 8.14. The topological polar surface area (TPSA) is 55.1 Å². The van der Waals surface area contributed by atoms with Gasteiger partial charge in [-0.3, -0.25) is 9.48 Å². The quantitative estimate of drug-likeness (QED) is 0.903. The summed E-state index contributed by atoms with van der Waals surface area (Å²) in [7, 11) is 0. The summed E-state index contributed by atoms with van der Waals surface area (Å²) < 4.78 is 2.04. The molecule has 1 aromatic rings. The van der Waals surface area contributed by atoms with Crippen LogP contribution in [0.4, 0.5) is 0 Å². The van der Waals surface area contributed by atoms with Gasteiger partial charge < -0.3 is 5.11 Å². The molecule has 4 nitrogen and oxygen atoms in total. The lowest BCUT2D eigenvalue weighted by Crippen LogP contribution is -2.35. The number of carboxylic acid groups (broad SMARTS) is 1. The molecule has 1 saturated carbocycles. The molecule has 0 spiro atoms. The highest BCUT2D eigenvalue weighted by atomic mass is 16.4. The summed E-state index contributed by atoms with van der Waals surface area (Å²) in [4.78, 5) is 11.6. The molecular weight excluding hydrogens is 264 g/mol. The van der Waals surface area contributed by atoms with Crippen LogP contribution in [-0.4, -0.2) is 20.9 Å². The molecule has 1 fully saturated rings. The standard InChI is InChI=1S/C17H28N2O2/c1-5-13-10-14(19(6-2)18-13)9-12-11-17(3,4)8-7-15(12)16(20)21/h10,12,15H,5-9,11H2,1-4H3,(H,20,21). The van der Waals surface area contributed by atoms with Crippen LogP contribution in [0.15, 0.2) is 6.07 Å². The smallest absolute Gasteiger partial charge is 0.306 e. The van der Waals surface area contributed by atoms with Crippen molar-refractivity contribution in [2.45, 2.75) is 66.3 Å². The number of hydrogen-bond donors (Lipinski definition) is 1. The van der Waals surface area contributed by atoms with E-state index in [4.69, 9.17) is 0 Å². The Morgan fingerprint density at radius 3 is 2.76 bits per heavy atom. The molecule has 2 rings (SSSR count). The van der Waals surface area contributed by atoms with E-state index in [0.717, 1.165) is 44.3 Å². The molecule has 2 unspecified atom stereocenters. The molecule has 118 valence electrons. The van der Waals surface area contributed by atoms with Crippen molar-refractivity contribution in [2.75, 3.05) is 0 Å². The second kappa shape index (κ2) is 6.20. The second-order valence-corrected chi connectivity index (χ2v) is 7.11. The Labute approximate surface area is 127 Å². The highest BCUT2D eigenvalue weighted by Crippen LogP contribution is 2.43. The van der Waals surface area contributed by atoms with Crippen LogP contribution in [0.2, 0.25) is 0 Å². The third-order valence-corrected chi connectivity index (χ3v) is 4.88. The first-order valence-corrected chi connectivity index (χ1v) is 8.14. The van der Waals surface area contributed by atoms with E-state index < -0.39 is 5.97 Å². The molecule has 1 aliphatic rings. The first kappa shape index (κ1) is 16.1. The molecule has 0 aromatic carbocycles. The highest BCUT2D eigenvalue weighted by Gasteiger charge is 2.38. The van der Waals surface area contributed by atoms with E-state index in [1.807, 2.05) is 4.68 Å². The molecule has 0 radical (unpaired) electrons. The molecule has 2 atom stereocenters. The zero-order chi connectivity index (χ0) is 15.6. The molecule has 1 aliphatic carbocycles. The number of carboxylic acids is 1. The van der Waals surface area contributed by atoms with Gasteiger partial charge in [0.2, 0.25) is 0 Å². The van der Waals surface area contributed by atoms with E-state index in [-0.39, 0.29) is 17.3 Å². The van der Waals surface area contributed by atoms with E-state index in [1.165, 1.54) is 5.69 Å². The Balaban J connectivity index is 2.21. The van der Waals surface area contributed by atoms with Crippen molar-refractivity contribution in [3.05, 3.63) is 17.5 Å². The number of aliphatic carboxylic acids is 1. The van der Waals surface area contributed by atoms with Crippen molar-refractivity contribution < 1.29 is 9.90 Å². The normalized spacial score (nSPS) is 25.0. The number of rotatable bonds is 5. The van der Waals surface area contributed by atoms with Crippen LogP contribution < -0.4 is 0 Å². The van der Waals surface area contributed by atoms with Crippen LogP contribution in [0.1, 0.15) is 58.3 Å². The molecule has 0 amide bonds. The molecule has 1 N–H and O–H groups in total. The molecule has 0 saturated heterocycles. The van der Waals surface area contributed by atoms with Gasteiger partial charge in [0.25, 0.3) is 0 Å². The summed E-state index contributed by atoms with van der Waals surface area (Å²) in [5, 5.41) is 14.1. The lowest BCUT2D eigenvalue weighted by molar-refractivity contribution is -0.146. The van der Waals surface area contributed by atoms with E-state index in [1.54, 1.807) is 0 Å². The summed E-state index contributed by atoms with van der Waals surface area (Å²) in [5.41, 5.74) is 2.55. The van der Waals surface area contributed by atoms with E-state index >= 15 is 0 Å². The zero-order valence-electron chi connectivity index (χ0n) is 13.7.